The van der Waals surface area contributed by atoms with E-state index in [4.69, 9.17) is 16.3 Å². The molecule has 0 amide bonds. The van der Waals surface area contributed by atoms with E-state index < -0.39 is 0 Å². The third kappa shape index (κ3) is 2.83. The van der Waals surface area contributed by atoms with E-state index in [9.17, 15) is 0 Å². The molecule has 2 aromatic carbocycles. The number of hydrogen-bond acceptors (Lipinski definition) is 2. The molecular weight excluding hydrogens is 272 g/mol. The number of halogens is 1. The lowest BCUT2D eigenvalue weighted by molar-refractivity contribution is 0.482. The first-order chi connectivity index (χ1) is 9.70. The highest BCUT2D eigenvalue weighted by Gasteiger charge is 2.03. The summed E-state index contributed by atoms with van der Waals surface area (Å²) in [4.78, 5) is 0. The lowest BCUT2D eigenvalue weighted by Crippen LogP contribution is -1.93. The summed E-state index contributed by atoms with van der Waals surface area (Å²) in [5.41, 5.74) is 2.22. The van der Waals surface area contributed by atoms with E-state index >= 15 is 0 Å². The minimum absolute atomic E-state index is 0.647. The lowest BCUT2D eigenvalue weighted by Gasteiger charge is -2.03. The van der Waals surface area contributed by atoms with Crippen LogP contribution in [0, 0.1) is 6.92 Å². The van der Waals surface area contributed by atoms with Crippen LogP contribution in [0.5, 0.6) is 11.5 Å². The molecule has 0 N–H and O–H groups in total. The fraction of sp³-hybridized carbons (Fsp3) is 0.0625. The molecule has 0 radical (unpaired) electrons. The van der Waals surface area contributed by atoms with E-state index in [0.717, 1.165) is 5.69 Å². The average molecular weight is 285 g/mol. The molecule has 0 unspecified atom stereocenters. The molecule has 0 spiro atoms. The van der Waals surface area contributed by atoms with Crippen LogP contribution < -0.4 is 4.74 Å². The standard InChI is InChI=1S/C16H13ClN2O/c1-12-5-7-14(8-6-12)19-11-16(10-18-19)20-15-4-2-3-13(17)9-15/h2-11H,1H3. The first-order valence-corrected chi connectivity index (χ1v) is 6.64. The number of nitrogens with zero attached hydrogens (tertiary/aromatic N) is 2. The second kappa shape index (κ2) is 5.39. The van der Waals surface area contributed by atoms with Crippen molar-refractivity contribution in [2.45, 2.75) is 6.92 Å². The highest BCUT2D eigenvalue weighted by molar-refractivity contribution is 6.30. The van der Waals surface area contributed by atoms with Crippen LogP contribution in [0.3, 0.4) is 0 Å². The number of rotatable bonds is 3. The summed E-state index contributed by atoms with van der Waals surface area (Å²) >= 11 is 5.93. The highest BCUT2D eigenvalue weighted by atomic mass is 35.5. The van der Waals surface area contributed by atoms with Crippen LogP contribution in [0.4, 0.5) is 0 Å². The van der Waals surface area contributed by atoms with Gasteiger partial charge in [-0.25, -0.2) is 4.68 Å². The molecule has 1 heterocycles. The molecule has 4 heteroatoms. The van der Waals surface area contributed by atoms with Gasteiger partial charge in [0.1, 0.15) is 5.75 Å². The molecule has 3 aromatic rings. The first-order valence-electron chi connectivity index (χ1n) is 6.26. The Labute approximate surface area is 122 Å². The second-order valence-corrected chi connectivity index (χ2v) is 4.95. The minimum Gasteiger partial charge on any atom is -0.454 e. The molecule has 3 nitrogen and oxygen atoms in total. The molecule has 3 rings (SSSR count). The molecule has 0 bridgehead atoms. The van der Waals surface area contributed by atoms with Gasteiger partial charge in [-0.05, 0) is 37.3 Å². The average Bonchev–Trinajstić information content (AvgIpc) is 2.88. The number of aryl methyl sites for hydroxylation is 1. The van der Waals surface area contributed by atoms with Gasteiger partial charge in [0.25, 0.3) is 0 Å². The van der Waals surface area contributed by atoms with Crippen molar-refractivity contribution < 1.29 is 4.74 Å². The van der Waals surface area contributed by atoms with Crippen molar-refractivity contribution in [2.75, 3.05) is 0 Å². The van der Waals surface area contributed by atoms with Gasteiger partial charge < -0.3 is 4.74 Å². The van der Waals surface area contributed by atoms with Gasteiger partial charge in [-0.1, -0.05) is 35.4 Å². The van der Waals surface area contributed by atoms with Crippen LogP contribution in [0.1, 0.15) is 5.56 Å². The van der Waals surface area contributed by atoms with E-state index in [0.29, 0.717) is 16.5 Å². The molecule has 0 fully saturated rings. The molecular formula is C16H13ClN2O. The summed E-state index contributed by atoms with van der Waals surface area (Å²) in [7, 11) is 0. The fourth-order valence-corrected chi connectivity index (χ4v) is 2.04. The van der Waals surface area contributed by atoms with Gasteiger partial charge in [0, 0.05) is 5.02 Å². The van der Waals surface area contributed by atoms with Crippen molar-refractivity contribution in [1.82, 2.24) is 9.78 Å². The molecule has 100 valence electrons. The second-order valence-electron chi connectivity index (χ2n) is 4.52. The molecule has 0 atom stereocenters. The Morgan fingerprint density at radius 2 is 1.85 bits per heavy atom. The normalized spacial score (nSPS) is 10.5. The summed E-state index contributed by atoms with van der Waals surface area (Å²) in [5.74, 6) is 1.37. The lowest BCUT2D eigenvalue weighted by atomic mass is 10.2. The molecule has 20 heavy (non-hydrogen) atoms. The van der Waals surface area contributed by atoms with Gasteiger partial charge in [-0.3, -0.25) is 0 Å². The Kier molecular flexibility index (Phi) is 3.44. The predicted molar refractivity (Wildman–Crippen MR) is 79.8 cm³/mol. The monoisotopic (exact) mass is 284 g/mol. The van der Waals surface area contributed by atoms with E-state index in [1.807, 2.05) is 36.5 Å². The number of ether oxygens (including phenoxy) is 1. The molecule has 0 aliphatic carbocycles. The Balaban J connectivity index is 1.82. The zero-order chi connectivity index (χ0) is 13.9. The van der Waals surface area contributed by atoms with Gasteiger partial charge in [-0.15, -0.1) is 0 Å². The molecule has 0 saturated carbocycles. The Morgan fingerprint density at radius 1 is 1.05 bits per heavy atom. The number of aromatic nitrogens is 2. The summed E-state index contributed by atoms with van der Waals surface area (Å²) in [5, 5.41) is 4.94. The van der Waals surface area contributed by atoms with Gasteiger partial charge in [0.15, 0.2) is 5.75 Å². The maximum absolute atomic E-state index is 5.93. The maximum atomic E-state index is 5.93. The molecule has 0 aliphatic rings. The van der Waals surface area contributed by atoms with Crippen LogP contribution in [-0.2, 0) is 0 Å². The van der Waals surface area contributed by atoms with Gasteiger partial charge in [0.2, 0.25) is 0 Å². The van der Waals surface area contributed by atoms with Crippen molar-refractivity contribution in [1.29, 1.82) is 0 Å². The number of hydrogen-bond donors (Lipinski definition) is 0. The van der Waals surface area contributed by atoms with Crippen LogP contribution in [0.2, 0.25) is 5.02 Å². The van der Waals surface area contributed by atoms with Crippen LogP contribution >= 0.6 is 11.6 Å². The predicted octanol–water partition coefficient (Wildman–Crippen LogP) is 4.63. The SMILES string of the molecule is Cc1ccc(-n2cc(Oc3cccc(Cl)c3)cn2)cc1. The van der Waals surface area contributed by atoms with Crippen molar-refractivity contribution in [3.05, 3.63) is 71.5 Å². The van der Waals surface area contributed by atoms with Crippen molar-refractivity contribution in [3.8, 4) is 17.2 Å². The zero-order valence-electron chi connectivity index (χ0n) is 11.0. The van der Waals surface area contributed by atoms with Gasteiger partial charge >= 0.3 is 0 Å². The Hall–Kier alpha value is -2.26. The summed E-state index contributed by atoms with van der Waals surface area (Å²) in [6.45, 7) is 2.06. The molecule has 0 aliphatic heterocycles. The van der Waals surface area contributed by atoms with Crippen LogP contribution in [0.25, 0.3) is 5.69 Å². The quantitative estimate of drug-likeness (QED) is 0.701. The van der Waals surface area contributed by atoms with Crippen molar-refractivity contribution >= 4 is 11.6 Å². The van der Waals surface area contributed by atoms with Gasteiger partial charge in [0.05, 0.1) is 18.1 Å². The van der Waals surface area contributed by atoms with Gasteiger partial charge in [-0.2, -0.15) is 5.10 Å². The van der Waals surface area contributed by atoms with Crippen molar-refractivity contribution in [2.24, 2.45) is 0 Å². The van der Waals surface area contributed by atoms with Crippen LogP contribution in [0.15, 0.2) is 60.9 Å². The Morgan fingerprint density at radius 3 is 2.60 bits per heavy atom. The Bertz CT molecular complexity index is 719. The maximum Gasteiger partial charge on any atom is 0.165 e. The third-order valence-electron chi connectivity index (χ3n) is 2.89. The minimum atomic E-state index is 0.647. The zero-order valence-corrected chi connectivity index (χ0v) is 11.7. The molecule has 0 saturated heterocycles. The van der Waals surface area contributed by atoms with E-state index in [1.165, 1.54) is 5.56 Å². The van der Waals surface area contributed by atoms with E-state index in [-0.39, 0.29) is 0 Å². The van der Waals surface area contributed by atoms with Crippen LogP contribution in [-0.4, -0.2) is 9.78 Å². The number of benzene rings is 2. The summed E-state index contributed by atoms with van der Waals surface area (Å²) in [6.07, 6.45) is 3.52. The topological polar surface area (TPSA) is 27.1 Å². The van der Waals surface area contributed by atoms with E-state index in [1.54, 1.807) is 16.9 Å². The third-order valence-corrected chi connectivity index (χ3v) is 3.12. The summed E-state index contributed by atoms with van der Waals surface area (Å²) < 4.78 is 7.49. The smallest absolute Gasteiger partial charge is 0.165 e. The van der Waals surface area contributed by atoms with Crippen molar-refractivity contribution in [3.63, 3.8) is 0 Å². The molecule has 1 aromatic heterocycles. The van der Waals surface area contributed by atoms with E-state index in [2.05, 4.69) is 24.2 Å². The largest absolute Gasteiger partial charge is 0.454 e. The summed E-state index contributed by atoms with van der Waals surface area (Å²) in [6, 6.07) is 15.4. The highest BCUT2D eigenvalue weighted by Crippen LogP contribution is 2.24. The fourth-order valence-electron chi connectivity index (χ4n) is 1.86. The first kappa shape index (κ1) is 12.8.